The summed E-state index contributed by atoms with van der Waals surface area (Å²) >= 11 is 12.2. The Labute approximate surface area is 150 Å². The average Bonchev–Trinajstić information content (AvgIpc) is 2.97. The Morgan fingerprint density at radius 3 is 2.71 bits per heavy atom. The summed E-state index contributed by atoms with van der Waals surface area (Å²) in [5.74, 6) is 0.0375. The van der Waals surface area contributed by atoms with Crippen LogP contribution in [0.3, 0.4) is 0 Å². The van der Waals surface area contributed by atoms with Gasteiger partial charge in [0.05, 0.1) is 23.7 Å². The molecule has 0 aromatic heterocycles. The van der Waals surface area contributed by atoms with Crippen molar-refractivity contribution in [2.75, 3.05) is 18.6 Å². The lowest BCUT2D eigenvalue weighted by atomic mass is 10.1. The van der Waals surface area contributed by atoms with Crippen molar-refractivity contribution >= 4 is 39.1 Å². The second-order valence-electron chi connectivity index (χ2n) is 6.33. The molecule has 9 heteroatoms. The van der Waals surface area contributed by atoms with Gasteiger partial charge >= 0.3 is 6.03 Å². The minimum Gasteiger partial charge on any atom is -0.390 e. The van der Waals surface area contributed by atoms with Gasteiger partial charge in [-0.05, 0) is 29.7 Å². The molecule has 1 aliphatic heterocycles. The average molecular weight is 393 g/mol. The predicted octanol–water partition coefficient (Wildman–Crippen LogP) is 1.78. The van der Waals surface area contributed by atoms with Gasteiger partial charge in [-0.1, -0.05) is 23.2 Å². The maximum Gasteiger partial charge on any atom is 0.317 e. The van der Waals surface area contributed by atoms with Crippen molar-refractivity contribution in [2.45, 2.75) is 31.0 Å². The molecule has 132 valence electrons. The Balaban J connectivity index is 1.78. The highest BCUT2D eigenvalue weighted by molar-refractivity contribution is 7.91. The van der Waals surface area contributed by atoms with Crippen LogP contribution in [0.5, 0.6) is 0 Å². The topological polar surface area (TPSA) is 86.7 Å². The van der Waals surface area contributed by atoms with E-state index in [2.05, 4.69) is 5.32 Å². The van der Waals surface area contributed by atoms with Gasteiger partial charge in [-0.25, -0.2) is 13.2 Å². The predicted molar refractivity (Wildman–Crippen MR) is 92.3 cm³/mol. The Hall–Kier alpha value is -1.02. The molecule has 0 unspecified atom stereocenters. The van der Waals surface area contributed by atoms with Crippen LogP contribution in [0.4, 0.5) is 4.79 Å². The van der Waals surface area contributed by atoms with E-state index in [0.29, 0.717) is 22.9 Å². The van der Waals surface area contributed by atoms with Gasteiger partial charge in [0.1, 0.15) is 0 Å². The maximum absolute atomic E-state index is 12.5. The summed E-state index contributed by atoms with van der Waals surface area (Å²) < 4.78 is 23.0. The van der Waals surface area contributed by atoms with E-state index in [1.54, 1.807) is 19.2 Å². The van der Waals surface area contributed by atoms with Gasteiger partial charge in [0.25, 0.3) is 0 Å². The van der Waals surface area contributed by atoms with Crippen LogP contribution in [0.2, 0.25) is 10.0 Å². The molecule has 3 atom stereocenters. The van der Waals surface area contributed by atoms with Gasteiger partial charge in [-0.3, -0.25) is 0 Å². The smallest absolute Gasteiger partial charge is 0.317 e. The van der Waals surface area contributed by atoms with Gasteiger partial charge in [0.2, 0.25) is 0 Å². The van der Waals surface area contributed by atoms with Gasteiger partial charge in [0.15, 0.2) is 9.84 Å². The van der Waals surface area contributed by atoms with Crippen LogP contribution in [-0.4, -0.2) is 55.2 Å². The Morgan fingerprint density at radius 2 is 2.08 bits per heavy atom. The standard InChI is InChI=1S/C15H18Cl2N2O4S/c1-19(15(21)18-9-2-3-24(22,23)7-9)14-11-4-8(16)5-12(17)10(11)6-13(14)20/h4-5,9,13-14,20H,2-3,6-7H2,1H3,(H,18,21)/t9-,13+,14+/m1/s1. The second-order valence-corrected chi connectivity index (χ2v) is 9.40. The van der Waals surface area contributed by atoms with Crippen LogP contribution >= 0.6 is 23.2 Å². The Morgan fingerprint density at radius 1 is 1.38 bits per heavy atom. The van der Waals surface area contributed by atoms with Crippen LogP contribution in [0.25, 0.3) is 0 Å². The van der Waals surface area contributed by atoms with Gasteiger partial charge < -0.3 is 15.3 Å². The highest BCUT2D eigenvalue weighted by Gasteiger charge is 2.38. The van der Waals surface area contributed by atoms with Crippen molar-refractivity contribution in [3.05, 3.63) is 33.3 Å². The summed E-state index contributed by atoms with van der Waals surface area (Å²) in [5, 5.41) is 14.0. The molecule has 2 N–H and O–H groups in total. The van der Waals surface area contributed by atoms with Crippen LogP contribution in [0.15, 0.2) is 12.1 Å². The molecule has 0 saturated carbocycles. The zero-order valence-corrected chi connectivity index (χ0v) is 15.3. The molecule has 6 nitrogen and oxygen atoms in total. The fourth-order valence-corrected chi connectivity index (χ4v) is 5.67. The maximum atomic E-state index is 12.5. The van der Waals surface area contributed by atoms with Gasteiger partial charge in [-0.15, -0.1) is 0 Å². The third kappa shape index (κ3) is 3.35. The lowest BCUT2D eigenvalue weighted by Crippen LogP contribution is -2.46. The van der Waals surface area contributed by atoms with Crippen molar-refractivity contribution in [1.82, 2.24) is 10.2 Å². The number of benzene rings is 1. The molecule has 0 spiro atoms. The number of hydrogen-bond acceptors (Lipinski definition) is 4. The Kier molecular flexibility index (Phi) is 4.72. The summed E-state index contributed by atoms with van der Waals surface area (Å²) in [7, 11) is -1.51. The van der Waals surface area contributed by atoms with E-state index in [0.717, 1.165) is 11.1 Å². The first-order valence-corrected chi connectivity index (χ1v) is 10.2. The van der Waals surface area contributed by atoms with Crippen molar-refractivity contribution in [2.24, 2.45) is 0 Å². The number of likely N-dealkylation sites (N-methyl/N-ethyl adjacent to an activating group) is 1. The molecule has 1 aromatic rings. The van der Waals surface area contributed by atoms with E-state index in [1.807, 2.05) is 0 Å². The van der Waals surface area contributed by atoms with Crippen molar-refractivity contribution in [3.63, 3.8) is 0 Å². The third-order valence-corrected chi connectivity index (χ3v) is 6.91. The Bertz CT molecular complexity index is 784. The number of rotatable bonds is 2. The monoisotopic (exact) mass is 392 g/mol. The van der Waals surface area contributed by atoms with Gasteiger partial charge in [0, 0.05) is 29.6 Å². The molecule has 2 aliphatic rings. The number of aliphatic hydroxyl groups is 1. The van der Waals surface area contributed by atoms with Crippen LogP contribution < -0.4 is 5.32 Å². The quantitative estimate of drug-likeness (QED) is 0.802. The molecular formula is C15H18Cl2N2O4S. The zero-order valence-electron chi connectivity index (χ0n) is 13.0. The first-order chi connectivity index (χ1) is 11.2. The fraction of sp³-hybridized carbons (Fsp3) is 0.533. The molecule has 0 radical (unpaired) electrons. The van der Waals surface area contributed by atoms with Crippen LogP contribution in [0, 0.1) is 0 Å². The van der Waals surface area contributed by atoms with E-state index in [9.17, 15) is 18.3 Å². The molecule has 24 heavy (non-hydrogen) atoms. The van der Waals surface area contributed by atoms with E-state index in [-0.39, 0.29) is 11.5 Å². The second kappa shape index (κ2) is 6.37. The number of hydrogen-bond donors (Lipinski definition) is 2. The number of nitrogens with one attached hydrogen (secondary N) is 1. The molecule has 1 saturated heterocycles. The van der Waals surface area contributed by atoms with Crippen molar-refractivity contribution in [3.8, 4) is 0 Å². The first-order valence-electron chi connectivity index (χ1n) is 7.57. The number of carbonyl (C=O) groups excluding carboxylic acids is 1. The highest BCUT2D eigenvalue weighted by atomic mass is 35.5. The van der Waals surface area contributed by atoms with Crippen LogP contribution in [-0.2, 0) is 16.3 Å². The fourth-order valence-electron chi connectivity index (χ4n) is 3.41. The summed E-state index contributed by atoms with van der Waals surface area (Å²) in [6.07, 6.45) is -0.0477. The minimum atomic E-state index is -3.07. The largest absolute Gasteiger partial charge is 0.390 e. The molecule has 0 bridgehead atoms. The summed E-state index contributed by atoms with van der Waals surface area (Å²) in [5.41, 5.74) is 1.50. The molecule has 1 aromatic carbocycles. The van der Waals surface area contributed by atoms with E-state index < -0.39 is 34.1 Å². The summed E-state index contributed by atoms with van der Waals surface area (Å²) in [4.78, 5) is 13.8. The molecule has 3 rings (SSSR count). The van der Waals surface area contributed by atoms with Gasteiger partial charge in [-0.2, -0.15) is 0 Å². The number of nitrogens with zero attached hydrogens (tertiary/aromatic N) is 1. The van der Waals surface area contributed by atoms with E-state index in [1.165, 1.54) is 4.90 Å². The number of carbonyl (C=O) groups is 1. The van der Waals surface area contributed by atoms with E-state index >= 15 is 0 Å². The van der Waals surface area contributed by atoms with Crippen molar-refractivity contribution < 1.29 is 18.3 Å². The lowest BCUT2D eigenvalue weighted by Gasteiger charge is -2.29. The molecule has 1 aliphatic carbocycles. The molecular weight excluding hydrogens is 375 g/mol. The number of fused-ring (bicyclic) bond motifs is 1. The number of amides is 2. The third-order valence-electron chi connectivity index (χ3n) is 4.59. The minimum absolute atomic E-state index is 0.0476. The number of sulfone groups is 1. The normalized spacial score (nSPS) is 27.8. The SMILES string of the molecule is CN(C(=O)N[C@@H]1CCS(=O)(=O)C1)[C@H]1c2cc(Cl)cc(Cl)c2C[C@@H]1O. The number of aliphatic hydroxyl groups excluding tert-OH is 1. The summed E-state index contributed by atoms with van der Waals surface area (Å²) in [6, 6.07) is 1.92. The lowest BCUT2D eigenvalue weighted by molar-refractivity contribution is 0.0885. The van der Waals surface area contributed by atoms with Crippen LogP contribution in [0.1, 0.15) is 23.6 Å². The summed E-state index contributed by atoms with van der Waals surface area (Å²) in [6.45, 7) is 0. The molecule has 2 amide bonds. The molecule has 1 heterocycles. The van der Waals surface area contributed by atoms with Crippen molar-refractivity contribution in [1.29, 1.82) is 0 Å². The number of halogens is 2. The number of urea groups is 1. The zero-order chi connectivity index (χ0) is 17.6. The van der Waals surface area contributed by atoms with E-state index in [4.69, 9.17) is 23.2 Å². The highest BCUT2D eigenvalue weighted by Crippen LogP contribution is 2.40. The molecule has 1 fully saturated rings. The first kappa shape index (κ1) is 17.8.